The van der Waals surface area contributed by atoms with Gasteiger partial charge in [0, 0.05) is 31.7 Å². The number of carbonyl (C=O) groups excluding carboxylic acids is 1. The molecule has 0 bridgehead atoms. The lowest BCUT2D eigenvalue weighted by Gasteiger charge is -2.16. The molecule has 6 heteroatoms. The zero-order chi connectivity index (χ0) is 16.7. The number of imidazole rings is 1. The van der Waals surface area contributed by atoms with Gasteiger partial charge in [0.05, 0.1) is 4.88 Å². The first-order chi connectivity index (χ1) is 11.7. The topological polar surface area (TPSA) is 51.0 Å². The van der Waals surface area contributed by atoms with Gasteiger partial charge in [-0.15, -0.1) is 11.3 Å². The maximum atomic E-state index is 12.7. The Bertz CT molecular complexity index is 897. The molecule has 5 nitrogen and oxygen atoms in total. The first-order valence-electron chi connectivity index (χ1n) is 8.33. The highest BCUT2D eigenvalue weighted by atomic mass is 32.1. The van der Waals surface area contributed by atoms with Gasteiger partial charge in [-0.05, 0) is 49.4 Å². The maximum absolute atomic E-state index is 12.7. The number of amides is 1. The molecule has 1 amide bonds. The van der Waals surface area contributed by atoms with Crippen LogP contribution in [-0.4, -0.2) is 38.4 Å². The van der Waals surface area contributed by atoms with Crippen LogP contribution >= 0.6 is 11.3 Å². The van der Waals surface area contributed by atoms with E-state index in [9.17, 15) is 4.79 Å². The van der Waals surface area contributed by atoms with E-state index < -0.39 is 0 Å². The lowest BCUT2D eigenvalue weighted by Crippen LogP contribution is -2.28. The standard InChI is InChI=1S/C18H20N4OS/c1-3-22-16(20-14-5-4-8-19-17(14)22)13-6-9-21(11-13)18(23)15-12(2)7-10-24-15/h4-5,7-8,10,13H,3,6,9,11H2,1-2H3/t13-/m1/s1. The summed E-state index contributed by atoms with van der Waals surface area (Å²) in [6.45, 7) is 6.49. The van der Waals surface area contributed by atoms with Crippen LogP contribution in [0.3, 0.4) is 0 Å². The van der Waals surface area contributed by atoms with Gasteiger partial charge in [0.25, 0.3) is 5.91 Å². The normalized spacial score (nSPS) is 17.8. The number of rotatable bonds is 3. The average molecular weight is 340 g/mol. The third-order valence-electron chi connectivity index (χ3n) is 4.75. The fraction of sp³-hybridized carbons (Fsp3) is 0.389. The van der Waals surface area contributed by atoms with Crippen molar-refractivity contribution in [3.63, 3.8) is 0 Å². The zero-order valence-electron chi connectivity index (χ0n) is 13.9. The first-order valence-corrected chi connectivity index (χ1v) is 9.21. The van der Waals surface area contributed by atoms with E-state index in [1.54, 1.807) is 0 Å². The number of thiophene rings is 1. The number of aromatic nitrogens is 3. The molecule has 124 valence electrons. The summed E-state index contributed by atoms with van der Waals surface area (Å²) < 4.78 is 2.18. The number of hydrogen-bond acceptors (Lipinski definition) is 4. The summed E-state index contributed by atoms with van der Waals surface area (Å²) in [5.41, 5.74) is 2.94. The van der Waals surface area contributed by atoms with Crippen LogP contribution in [0, 0.1) is 6.92 Å². The summed E-state index contributed by atoms with van der Waals surface area (Å²) in [4.78, 5) is 24.8. The van der Waals surface area contributed by atoms with Crippen LogP contribution in [0.4, 0.5) is 0 Å². The van der Waals surface area contributed by atoms with Crippen molar-refractivity contribution < 1.29 is 4.79 Å². The van der Waals surface area contributed by atoms with E-state index in [1.807, 2.05) is 41.6 Å². The van der Waals surface area contributed by atoms with Gasteiger partial charge in [-0.2, -0.15) is 0 Å². The molecule has 1 saturated heterocycles. The van der Waals surface area contributed by atoms with Crippen molar-refractivity contribution >= 4 is 28.4 Å². The van der Waals surface area contributed by atoms with Crippen molar-refractivity contribution in [2.75, 3.05) is 13.1 Å². The van der Waals surface area contributed by atoms with Crippen LogP contribution in [0.15, 0.2) is 29.8 Å². The van der Waals surface area contributed by atoms with E-state index in [2.05, 4.69) is 16.5 Å². The second-order valence-corrected chi connectivity index (χ2v) is 7.15. The van der Waals surface area contributed by atoms with Crippen molar-refractivity contribution in [1.29, 1.82) is 0 Å². The van der Waals surface area contributed by atoms with Crippen molar-refractivity contribution in [3.8, 4) is 0 Å². The van der Waals surface area contributed by atoms with Gasteiger partial charge < -0.3 is 9.47 Å². The molecule has 1 fully saturated rings. The minimum Gasteiger partial charge on any atom is -0.337 e. The fourth-order valence-electron chi connectivity index (χ4n) is 3.49. The van der Waals surface area contributed by atoms with Gasteiger partial charge >= 0.3 is 0 Å². The molecular weight excluding hydrogens is 320 g/mol. The summed E-state index contributed by atoms with van der Waals surface area (Å²) in [7, 11) is 0. The Morgan fingerprint density at radius 2 is 2.29 bits per heavy atom. The van der Waals surface area contributed by atoms with E-state index in [0.29, 0.717) is 0 Å². The van der Waals surface area contributed by atoms with E-state index in [0.717, 1.165) is 53.5 Å². The van der Waals surface area contributed by atoms with Gasteiger partial charge in [0.1, 0.15) is 11.3 Å². The van der Waals surface area contributed by atoms with Crippen molar-refractivity contribution in [1.82, 2.24) is 19.4 Å². The third kappa shape index (κ3) is 2.41. The molecule has 24 heavy (non-hydrogen) atoms. The molecule has 1 aliphatic heterocycles. The first kappa shape index (κ1) is 15.3. The summed E-state index contributed by atoms with van der Waals surface area (Å²) in [6, 6.07) is 5.93. The summed E-state index contributed by atoms with van der Waals surface area (Å²) in [5, 5.41) is 1.98. The van der Waals surface area contributed by atoms with E-state index in [4.69, 9.17) is 4.98 Å². The minimum absolute atomic E-state index is 0.155. The third-order valence-corrected chi connectivity index (χ3v) is 5.75. The number of hydrogen-bond donors (Lipinski definition) is 0. The summed E-state index contributed by atoms with van der Waals surface area (Å²) in [5.74, 6) is 1.50. The van der Waals surface area contributed by atoms with Crippen molar-refractivity contribution in [2.24, 2.45) is 0 Å². The monoisotopic (exact) mass is 340 g/mol. The molecule has 0 saturated carbocycles. The molecular formula is C18H20N4OS. The Morgan fingerprint density at radius 3 is 3.04 bits per heavy atom. The largest absolute Gasteiger partial charge is 0.337 e. The van der Waals surface area contributed by atoms with Crippen LogP contribution in [-0.2, 0) is 6.54 Å². The number of aryl methyl sites for hydroxylation is 2. The van der Waals surface area contributed by atoms with Crippen molar-refractivity contribution in [3.05, 3.63) is 46.0 Å². The molecule has 0 spiro atoms. The molecule has 0 aliphatic carbocycles. The van der Waals surface area contributed by atoms with Crippen LogP contribution in [0.1, 0.15) is 40.3 Å². The zero-order valence-corrected chi connectivity index (χ0v) is 14.7. The molecule has 0 unspecified atom stereocenters. The highest BCUT2D eigenvalue weighted by Gasteiger charge is 2.32. The van der Waals surface area contributed by atoms with E-state index in [-0.39, 0.29) is 11.8 Å². The Hall–Kier alpha value is -2.21. The van der Waals surface area contributed by atoms with Gasteiger partial charge in [-0.3, -0.25) is 4.79 Å². The number of carbonyl (C=O) groups is 1. The highest BCUT2D eigenvalue weighted by Crippen LogP contribution is 2.30. The molecule has 1 aliphatic rings. The van der Waals surface area contributed by atoms with Gasteiger partial charge in [0.2, 0.25) is 0 Å². The molecule has 0 aromatic carbocycles. The maximum Gasteiger partial charge on any atom is 0.264 e. The van der Waals surface area contributed by atoms with Crippen LogP contribution in [0.2, 0.25) is 0 Å². The second-order valence-electron chi connectivity index (χ2n) is 6.23. The molecule has 3 aromatic heterocycles. The number of pyridine rings is 1. The number of fused-ring (bicyclic) bond motifs is 1. The van der Waals surface area contributed by atoms with Crippen molar-refractivity contribution in [2.45, 2.75) is 32.7 Å². The highest BCUT2D eigenvalue weighted by molar-refractivity contribution is 7.12. The molecule has 1 atom stereocenters. The summed E-state index contributed by atoms with van der Waals surface area (Å²) >= 11 is 1.53. The molecule has 0 N–H and O–H groups in total. The Labute approximate surface area is 145 Å². The van der Waals surface area contributed by atoms with E-state index >= 15 is 0 Å². The number of likely N-dealkylation sites (tertiary alicyclic amines) is 1. The SMILES string of the molecule is CCn1c([C@@H]2CCN(C(=O)c3sccc3C)C2)nc2cccnc21. The van der Waals surface area contributed by atoms with Crippen LogP contribution in [0.5, 0.6) is 0 Å². The lowest BCUT2D eigenvalue weighted by atomic mass is 10.1. The van der Waals surface area contributed by atoms with Gasteiger partial charge in [0.15, 0.2) is 5.65 Å². The minimum atomic E-state index is 0.155. The predicted molar refractivity (Wildman–Crippen MR) is 95.5 cm³/mol. The van der Waals surface area contributed by atoms with Gasteiger partial charge in [-0.25, -0.2) is 9.97 Å². The molecule has 0 radical (unpaired) electrons. The Morgan fingerprint density at radius 1 is 1.42 bits per heavy atom. The Balaban J connectivity index is 1.61. The van der Waals surface area contributed by atoms with E-state index in [1.165, 1.54) is 11.3 Å². The molecule has 4 rings (SSSR count). The predicted octanol–water partition coefficient (Wildman–Crippen LogP) is 3.45. The van der Waals surface area contributed by atoms with Crippen LogP contribution < -0.4 is 0 Å². The smallest absolute Gasteiger partial charge is 0.264 e. The quantitative estimate of drug-likeness (QED) is 0.734. The molecule has 4 heterocycles. The number of nitrogens with zero attached hydrogens (tertiary/aromatic N) is 4. The van der Waals surface area contributed by atoms with Crippen LogP contribution in [0.25, 0.3) is 11.2 Å². The Kier molecular flexibility index (Phi) is 3.84. The van der Waals surface area contributed by atoms with Gasteiger partial charge in [-0.1, -0.05) is 0 Å². The summed E-state index contributed by atoms with van der Waals surface area (Å²) in [6.07, 6.45) is 2.77. The fourth-order valence-corrected chi connectivity index (χ4v) is 4.38. The molecule has 3 aromatic rings. The lowest BCUT2D eigenvalue weighted by molar-refractivity contribution is 0.0794. The second kappa shape index (κ2) is 6.02. The average Bonchev–Trinajstić information content (AvgIpc) is 3.31.